The molecule has 2 saturated carbocycles. The number of carbonyl (C=O) groups is 2. The topological polar surface area (TPSA) is 70.7 Å². The fourth-order valence-corrected chi connectivity index (χ4v) is 5.73. The molecule has 1 aromatic carbocycles. The minimum absolute atomic E-state index is 0.0210. The van der Waals surface area contributed by atoms with Gasteiger partial charge in [-0.2, -0.15) is 0 Å². The lowest BCUT2D eigenvalue weighted by atomic mass is 9.84. The van der Waals surface area contributed by atoms with Crippen LogP contribution in [0.3, 0.4) is 0 Å². The van der Waals surface area contributed by atoms with Gasteiger partial charge in [0.25, 0.3) is 0 Å². The number of fused-ring (bicyclic) bond motifs is 2. The summed E-state index contributed by atoms with van der Waals surface area (Å²) >= 11 is 0. The Balaban J connectivity index is 1.38. The van der Waals surface area contributed by atoms with Gasteiger partial charge in [0, 0.05) is 31.2 Å². The fourth-order valence-electron chi connectivity index (χ4n) is 5.73. The molecule has 0 unspecified atom stereocenters. The Kier molecular flexibility index (Phi) is 6.09. The molecular weight excluding hydrogens is 366 g/mol. The number of hydrogen-bond donors (Lipinski definition) is 2. The zero-order valence-electron chi connectivity index (χ0n) is 17.5. The van der Waals surface area contributed by atoms with Gasteiger partial charge in [-0.05, 0) is 50.0 Å². The van der Waals surface area contributed by atoms with Gasteiger partial charge in [-0.1, -0.05) is 24.6 Å². The highest BCUT2D eigenvalue weighted by atomic mass is 16.5. The van der Waals surface area contributed by atoms with Crippen molar-refractivity contribution in [2.24, 2.45) is 17.8 Å². The van der Waals surface area contributed by atoms with E-state index in [1.54, 1.807) is 7.11 Å². The first-order valence-corrected chi connectivity index (χ1v) is 11.0. The first-order valence-electron chi connectivity index (χ1n) is 11.0. The summed E-state index contributed by atoms with van der Waals surface area (Å²) in [6.07, 6.45) is 5.46. The number of ether oxygens (including phenoxy) is 1. The van der Waals surface area contributed by atoms with E-state index in [4.69, 9.17) is 4.74 Å². The molecule has 158 valence electrons. The number of para-hydroxylation sites is 1. The van der Waals surface area contributed by atoms with Gasteiger partial charge in [0.15, 0.2) is 0 Å². The number of nitrogens with one attached hydrogen (secondary N) is 2. The molecule has 4 rings (SSSR count). The van der Waals surface area contributed by atoms with E-state index in [2.05, 4.69) is 22.5 Å². The zero-order chi connectivity index (χ0) is 20.4. The van der Waals surface area contributed by atoms with E-state index in [9.17, 15) is 9.59 Å². The third kappa shape index (κ3) is 4.42. The summed E-state index contributed by atoms with van der Waals surface area (Å²) < 4.78 is 5.46. The number of amides is 2. The summed E-state index contributed by atoms with van der Waals surface area (Å²) in [4.78, 5) is 27.5. The average molecular weight is 400 g/mol. The van der Waals surface area contributed by atoms with Crippen molar-refractivity contribution in [3.63, 3.8) is 0 Å². The van der Waals surface area contributed by atoms with Crippen LogP contribution in [0.1, 0.15) is 44.6 Å². The summed E-state index contributed by atoms with van der Waals surface area (Å²) in [5.74, 6) is 2.97. The molecule has 2 N–H and O–H groups in total. The van der Waals surface area contributed by atoms with E-state index in [-0.39, 0.29) is 24.3 Å². The standard InChI is InChI=1S/C23H33N3O3/c1-15(19-12-16-7-8-17(19)11-16)25-22(27)13-20-23(28)24-9-10-26(20)14-18-5-3-4-6-21(18)29-2/h3-6,15-17,19-20H,7-14H2,1-2H3,(H,24,28)(H,25,27)/t15-,16+,17+,19-,20+/m1/s1. The Morgan fingerprint density at radius 3 is 2.86 bits per heavy atom. The maximum absolute atomic E-state index is 12.8. The lowest BCUT2D eigenvalue weighted by Crippen LogP contribution is -2.56. The van der Waals surface area contributed by atoms with Crippen LogP contribution in [0, 0.1) is 17.8 Å². The van der Waals surface area contributed by atoms with Gasteiger partial charge in [-0.15, -0.1) is 0 Å². The van der Waals surface area contributed by atoms with Crippen LogP contribution in [0.2, 0.25) is 0 Å². The second-order valence-electron chi connectivity index (χ2n) is 8.99. The first kappa shape index (κ1) is 20.2. The highest BCUT2D eigenvalue weighted by Crippen LogP contribution is 2.49. The molecule has 1 aliphatic heterocycles. The lowest BCUT2D eigenvalue weighted by Gasteiger charge is -2.35. The SMILES string of the molecule is COc1ccccc1CN1CCNC(=O)[C@@H]1CC(=O)N[C@H](C)[C@H]1C[C@H]2CC[C@H]1C2. The van der Waals surface area contributed by atoms with Crippen molar-refractivity contribution in [1.82, 2.24) is 15.5 Å². The Morgan fingerprint density at radius 1 is 1.31 bits per heavy atom. The Morgan fingerprint density at radius 2 is 2.14 bits per heavy atom. The average Bonchev–Trinajstić information content (AvgIpc) is 3.34. The quantitative estimate of drug-likeness (QED) is 0.738. The number of carbonyl (C=O) groups excluding carboxylic acids is 2. The number of rotatable bonds is 7. The van der Waals surface area contributed by atoms with Crippen LogP contribution < -0.4 is 15.4 Å². The van der Waals surface area contributed by atoms with Gasteiger partial charge >= 0.3 is 0 Å². The van der Waals surface area contributed by atoms with Crippen LogP contribution in [-0.4, -0.2) is 49.0 Å². The van der Waals surface area contributed by atoms with E-state index in [1.807, 2.05) is 24.3 Å². The highest BCUT2D eigenvalue weighted by molar-refractivity contribution is 5.88. The van der Waals surface area contributed by atoms with Crippen LogP contribution in [0.5, 0.6) is 5.75 Å². The molecule has 29 heavy (non-hydrogen) atoms. The van der Waals surface area contributed by atoms with Crippen LogP contribution in [0.15, 0.2) is 24.3 Å². The summed E-state index contributed by atoms with van der Waals surface area (Å²) in [6, 6.07) is 7.60. The Hall–Kier alpha value is -2.08. The lowest BCUT2D eigenvalue weighted by molar-refractivity contribution is -0.134. The normalized spacial score (nSPS) is 30.1. The van der Waals surface area contributed by atoms with Crippen LogP contribution in [0.25, 0.3) is 0 Å². The van der Waals surface area contributed by atoms with E-state index in [0.717, 1.165) is 29.7 Å². The van der Waals surface area contributed by atoms with Crippen molar-refractivity contribution >= 4 is 11.8 Å². The molecule has 1 saturated heterocycles. The van der Waals surface area contributed by atoms with Crippen molar-refractivity contribution in [2.75, 3.05) is 20.2 Å². The van der Waals surface area contributed by atoms with Gasteiger partial charge in [-0.25, -0.2) is 0 Å². The molecule has 2 aliphatic carbocycles. The molecule has 3 fully saturated rings. The van der Waals surface area contributed by atoms with Gasteiger partial charge in [0.05, 0.1) is 19.6 Å². The van der Waals surface area contributed by atoms with Gasteiger partial charge in [0.2, 0.25) is 11.8 Å². The molecule has 6 heteroatoms. The maximum atomic E-state index is 12.8. The van der Waals surface area contributed by atoms with E-state index >= 15 is 0 Å². The van der Waals surface area contributed by atoms with Crippen molar-refractivity contribution < 1.29 is 14.3 Å². The molecule has 5 atom stereocenters. The number of piperazine rings is 1. The second-order valence-corrected chi connectivity index (χ2v) is 8.99. The molecule has 3 aliphatic rings. The predicted molar refractivity (Wildman–Crippen MR) is 111 cm³/mol. The fraction of sp³-hybridized carbons (Fsp3) is 0.652. The summed E-state index contributed by atoms with van der Waals surface area (Å²) in [5, 5.41) is 6.13. The highest BCUT2D eigenvalue weighted by Gasteiger charge is 2.42. The van der Waals surface area contributed by atoms with E-state index in [0.29, 0.717) is 19.0 Å². The molecule has 6 nitrogen and oxygen atoms in total. The molecule has 1 aromatic rings. The van der Waals surface area contributed by atoms with Crippen molar-refractivity contribution in [1.29, 1.82) is 0 Å². The summed E-state index contributed by atoms with van der Waals surface area (Å²) in [7, 11) is 1.66. The predicted octanol–water partition coefficient (Wildman–Crippen LogP) is 2.33. The Bertz CT molecular complexity index is 753. The van der Waals surface area contributed by atoms with Crippen LogP contribution in [-0.2, 0) is 16.1 Å². The molecule has 2 amide bonds. The molecular formula is C23H33N3O3. The molecule has 0 spiro atoms. The van der Waals surface area contributed by atoms with Crippen molar-refractivity contribution in [3.05, 3.63) is 29.8 Å². The number of nitrogens with zero attached hydrogens (tertiary/aromatic N) is 1. The second kappa shape index (κ2) is 8.74. The minimum Gasteiger partial charge on any atom is -0.496 e. The smallest absolute Gasteiger partial charge is 0.237 e. The first-order chi connectivity index (χ1) is 14.0. The number of benzene rings is 1. The van der Waals surface area contributed by atoms with Gasteiger partial charge in [0.1, 0.15) is 5.75 Å². The molecule has 1 heterocycles. The van der Waals surface area contributed by atoms with Crippen molar-refractivity contribution in [2.45, 2.75) is 57.7 Å². The summed E-state index contributed by atoms with van der Waals surface area (Å²) in [6.45, 7) is 4.06. The van der Waals surface area contributed by atoms with Crippen LogP contribution in [0.4, 0.5) is 0 Å². The van der Waals surface area contributed by atoms with Crippen LogP contribution >= 0.6 is 0 Å². The number of hydrogen-bond acceptors (Lipinski definition) is 4. The Labute approximate surface area is 173 Å². The molecule has 0 aromatic heterocycles. The largest absolute Gasteiger partial charge is 0.496 e. The summed E-state index contributed by atoms with van der Waals surface area (Å²) in [5.41, 5.74) is 1.03. The third-order valence-electron chi connectivity index (χ3n) is 7.21. The minimum atomic E-state index is -0.444. The zero-order valence-corrected chi connectivity index (χ0v) is 17.5. The van der Waals surface area contributed by atoms with E-state index in [1.165, 1.54) is 25.7 Å². The number of methoxy groups -OCH3 is 1. The van der Waals surface area contributed by atoms with Crippen molar-refractivity contribution in [3.8, 4) is 5.75 Å². The van der Waals surface area contributed by atoms with E-state index < -0.39 is 6.04 Å². The molecule has 2 bridgehead atoms. The third-order valence-corrected chi connectivity index (χ3v) is 7.21. The molecule has 0 radical (unpaired) electrons. The monoisotopic (exact) mass is 399 g/mol. The van der Waals surface area contributed by atoms with Gasteiger partial charge < -0.3 is 15.4 Å². The van der Waals surface area contributed by atoms with Gasteiger partial charge in [-0.3, -0.25) is 14.5 Å². The maximum Gasteiger partial charge on any atom is 0.237 e.